The number of nitrogens with one attached hydrogen (secondary N) is 1. The van der Waals surface area contributed by atoms with Gasteiger partial charge in [-0.25, -0.2) is 4.98 Å². The van der Waals surface area contributed by atoms with Crippen molar-refractivity contribution in [3.8, 4) is 5.88 Å². The summed E-state index contributed by atoms with van der Waals surface area (Å²) in [4.78, 5) is 6.48. The zero-order valence-electron chi connectivity index (χ0n) is 9.85. The zero-order valence-corrected chi connectivity index (χ0v) is 9.85. The first-order valence-electron chi connectivity index (χ1n) is 5.91. The summed E-state index contributed by atoms with van der Waals surface area (Å²) in [5.41, 5.74) is 6.05. The molecule has 0 aromatic carbocycles. The third-order valence-corrected chi connectivity index (χ3v) is 2.90. The molecule has 1 saturated heterocycles. The number of pyridine rings is 1. The average Bonchev–Trinajstić information content (AvgIpc) is 2.82. The van der Waals surface area contributed by atoms with Crippen LogP contribution in [0.1, 0.15) is 18.4 Å². The quantitative estimate of drug-likeness (QED) is 0.585. The molecule has 1 fully saturated rings. The van der Waals surface area contributed by atoms with Gasteiger partial charge in [0, 0.05) is 24.4 Å². The van der Waals surface area contributed by atoms with E-state index in [2.05, 4.69) is 9.88 Å². The fourth-order valence-corrected chi connectivity index (χ4v) is 1.94. The highest BCUT2D eigenvalue weighted by Crippen LogP contribution is 2.10. The maximum Gasteiger partial charge on any atom is 0.213 e. The lowest BCUT2D eigenvalue weighted by atomic mass is 10.2. The van der Waals surface area contributed by atoms with Gasteiger partial charge in [-0.05, 0) is 32.0 Å². The number of rotatable bonds is 5. The van der Waals surface area contributed by atoms with Gasteiger partial charge in [-0.2, -0.15) is 0 Å². The first kappa shape index (κ1) is 11.9. The van der Waals surface area contributed by atoms with E-state index in [4.69, 9.17) is 15.9 Å². The predicted molar refractivity (Wildman–Crippen MR) is 66.4 cm³/mol. The van der Waals surface area contributed by atoms with Gasteiger partial charge in [-0.1, -0.05) is 0 Å². The van der Waals surface area contributed by atoms with Gasteiger partial charge in [-0.3, -0.25) is 10.3 Å². The Balaban J connectivity index is 1.81. The van der Waals surface area contributed by atoms with E-state index in [1.165, 1.54) is 25.9 Å². The number of likely N-dealkylation sites (tertiary alicyclic amines) is 1. The molecule has 5 heteroatoms. The lowest BCUT2D eigenvalue weighted by molar-refractivity contribution is 0.232. The number of hydrogen-bond acceptors (Lipinski definition) is 4. The minimum Gasteiger partial charge on any atom is -0.476 e. The van der Waals surface area contributed by atoms with Gasteiger partial charge in [0.1, 0.15) is 12.4 Å². The van der Waals surface area contributed by atoms with E-state index in [1.54, 1.807) is 18.3 Å². The van der Waals surface area contributed by atoms with Crippen molar-refractivity contribution in [1.29, 1.82) is 5.41 Å². The number of ether oxygens (including phenoxy) is 1. The Kier molecular flexibility index (Phi) is 3.93. The van der Waals surface area contributed by atoms with Crippen LogP contribution in [0.25, 0.3) is 0 Å². The molecule has 2 rings (SSSR count). The van der Waals surface area contributed by atoms with Crippen LogP contribution in [0.15, 0.2) is 18.3 Å². The van der Waals surface area contributed by atoms with Gasteiger partial charge in [0.2, 0.25) is 5.88 Å². The molecule has 0 aliphatic carbocycles. The van der Waals surface area contributed by atoms with E-state index in [0.29, 0.717) is 18.1 Å². The Morgan fingerprint density at radius 3 is 2.94 bits per heavy atom. The lowest BCUT2D eigenvalue weighted by Gasteiger charge is -2.14. The van der Waals surface area contributed by atoms with Crippen LogP contribution in [0.2, 0.25) is 0 Å². The average molecular weight is 234 g/mol. The number of nitrogens with zero attached hydrogens (tertiary/aromatic N) is 2. The molecule has 2 heterocycles. The number of amidine groups is 1. The number of nitrogen functional groups attached to an aromatic ring is 1. The van der Waals surface area contributed by atoms with Gasteiger partial charge < -0.3 is 10.5 Å². The summed E-state index contributed by atoms with van der Waals surface area (Å²) in [6.45, 7) is 3.91. The first-order chi connectivity index (χ1) is 8.25. The molecule has 1 aliphatic rings. The Labute approximate surface area is 101 Å². The molecule has 0 unspecified atom stereocenters. The van der Waals surface area contributed by atoms with Gasteiger partial charge >= 0.3 is 0 Å². The summed E-state index contributed by atoms with van der Waals surface area (Å²) in [5.74, 6) is 0.577. The van der Waals surface area contributed by atoms with Crippen LogP contribution >= 0.6 is 0 Å². The Hall–Kier alpha value is -1.62. The summed E-state index contributed by atoms with van der Waals surface area (Å²) in [6, 6.07) is 3.40. The highest BCUT2D eigenvalue weighted by Gasteiger charge is 2.10. The number of hydrogen-bond donors (Lipinski definition) is 2. The van der Waals surface area contributed by atoms with Crippen LogP contribution in [0.3, 0.4) is 0 Å². The second kappa shape index (κ2) is 5.63. The van der Waals surface area contributed by atoms with Gasteiger partial charge in [-0.15, -0.1) is 0 Å². The van der Waals surface area contributed by atoms with Crippen molar-refractivity contribution < 1.29 is 4.74 Å². The maximum atomic E-state index is 7.33. The molecule has 5 nitrogen and oxygen atoms in total. The fraction of sp³-hybridized carbons (Fsp3) is 0.500. The van der Waals surface area contributed by atoms with E-state index in [1.807, 2.05) is 0 Å². The SMILES string of the molecule is N=C(N)c1ccnc(OCCN2CCCC2)c1. The molecule has 1 aromatic heterocycles. The third-order valence-electron chi connectivity index (χ3n) is 2.90. The molecule has 3 N–H and O–H groups in total. The molecule has 0 bridgehead atoms. The highest BCUT2D eigenvalue weighted by molar-refractivity contribution is 5.95. The smallest absolute Gasteiger partial charge is 0.213 e. The topological polar surface area (TPSA) is 75.2 Å². The van der Waals surface area contributed by atoms with E-state index < -0.39 is 0 Å². The van der Waals surface area contributed by atoms with Crippen LogP contribution < -0.4 is 10.5 Å². The van der Waals surface area contributed by atoms with E-state index in [-0.39, 0.29) is 5.84 Å². The Morgan fingerprint density at radius 2 is 2.24 bits per heavy atom. The normalized spacial score (nSPS) is 16.0. The Bertz CT molecular complexity index is 388. The van der Waals surface area contributed by atoms with Crippen molar-refractivity contribution >= 4 is 5.84 Å². The van der Waals surface area contributed by atoms with Gasteiger partial charge in [0.15, 0.2) is 0 Å². The molecule has 0 radical (unpaired) electrons. The lowest BCUT2D eigenvalue weighted by Crippen LogP contribution is -2.25. The highest BCUT2D eigenvalue weighted by atomic mass is 16.5. The van der Waals surface area contributed by atoms with Crippen LogP contribution in [0.5, 0.6) is 5.88 Å². The zero-order chi connectivity index (χ0) is 12.1. The largest absolute Gasteiger partial charge is 0.476 e. The molecule has 1 aliphatic heterocycles. The van der Waals surface area contributed by atoms with Crippen molar-refractivity contribution in [3.63, 3.8) is 0 Å². The van der Waals surface area contributed by atoms with Crippen molar-refractivity contribution in [2.24, 2.45) is 5.73 Å². The predicted octanol–water partition coefficient (Wildman–Crippen LogP) is 0.840. The standard InChI is InChI=1S/C12H18N4O/c13-12(14)10-3-4-15-11(9-10)17-8-7-16-5-1-2-6-16/h3-4,9H,1-2,5-8H2,(H3,13,14). The van der Waals surface area contributed by atoms with E-state index >= 15 is 0 Å². The minimum atomic E-state index is 0.0387. The van der Waals surface area contributed by atoms with Crippen LogP contribution in [0.4, 0.5) is 0 Å². The van der Waals surface area contributed by atoms with Gasteiger partial charge in [0.25, 0.3) is 0 Å². The number of aromatic nitrogens is 1. The second-order valence-corrected chi connectivity index (χ2v) is 4.19. The first-order valence-corrected chi connectivity index (χ1v) is 5.91. The third kappa shape index (κ3) is 3.42. The molecule has 0 amide bonds. The summed E-state index contributed by atoms with van der Waals surface area (Å²) in [6.07, 6.45) is 4.19. The maximum absolute atomic E-state index is 7.33. The summed E-state index contributed by atoms with van der Waals surface area (Å²) in [5, 5.41) is 7.33. The van der Waals surface area contributed by atoms with E-state index in [0.717, 1.165) is 6.54 Å². The molecular formula is C12H18N4O. The second-order valence-electron chi connectivity index (χ2n) is 4.19. The summed E-state index contributed by atoms with van der Waals surface area (Å²) < 4.78 is 5.55. The van der Waals surface area contributed by atoms with Crippen LogP contribution in [-0.4, -0.2) is 42.0 Å². The van der Waals surface area contributed by atoms with Crippen LogP contribution in [0, 0.1) is 5.41 Å². The summed E-state index contributed by atoms with van der Waals surface area (Å²) in [7, 11) is 0. The Morgan fingerprint density at radius 1 is 1.47 bits per heavy atom. The minimum absolute atomic E-state index is 0.0387. The van der Waals surface area contributed by atoms with Crippen molar-refractivity contribution in [1.82, 2.24) is 9.88 Å². The van der Waals surface area contributed by atoms with Crippen molar-refractivity contribution in [2.75, 3.05) is 26.2 Å². The van der Waals surface area contributed by atoms with Crippen LogP contribution in [-0.2, 0) is 0 Å². The molecule has 0 spiro atoms. The van der Waals surface area contributed by atoms with Gasteiger partial charge in [0.05, 0.1) is 0 Å². The monoisotopic (exact) mass is 234 g/mol. The molecule has 17 heavy (non-hydrogen) atoms. The summed E-state index contributed by atoms with van der Waals surface area (Å²) >= 11 is 0. The fourth-order valence-electron chi connectivity index (χ4n) is 1.94. The molecule has 0 saturated carbocycles. The molecule has 92 valence electrons. The molecular weight excluding hydrogens is 216 g/mol. The number of nitrogens with two attached hydrogens (primary N) is 1. The molecule has 0 atom stereocenters. The van der Waals surface area contributed by atoms with E-state index in [9.17, 15) is 0 Å². The molecule has 1 aromatic rings. The van der Waals surface area contributed by atoms with Crippen molar-refractivity contribution in [3.05, 3.63) is 23.9 Å². The van der Waals surface area contributed by atoms with Crippen molar-refractivity contribution in [2.45, 2.75) is 12.8 Å².